The van der Waals surface area contributed by atoms with E-state index in [4.69, 9.17) is 23.7 Å². The van der Waals surface area contributed by atoms with E-state index < -0.39 is 0 Å². The van der Waals surface area contributed by atoms with Crippen molar-refractivity contribution in [1.29, 1.82) is 0 Å². The number of ether oxygens (including phenoxy) is 5. The predicted molar refractivity (Wildman–Crippen MR) is 168 cm³/mol. The van der Waals surface area contributed by atoms with E-state index in [1.807, 2.05) is 42.5 Å². The predicted octanol–water partition coefficient (Wildman–Crippen LogP) is 5.21. The van der Waals surface area contributed by atoms with Crippen molar-refractivity contribution < 1.29 is 28.5 Å². The number of benzene rings is 3. The summed E-state index contributed by atoms with van der Waals surface area (Å²) in [5.41, 5.74) is 4.53. The zero-order chi connectivity index (χ0) is 30.3. The van der Waals surface area contributed by atoms with Gasteiger partial charge in [-0.2, -0.15) is 0 Å². The van der Waals surface area contributed by atoms with Crippen molar-refractivity contribution in [2.24, 2.45) is 0 Å². The number of hydrogen-bond donors (Lipinski definition) is 2. The molecule has 0 spiro atoms. The van der Waals surface area contributed by atoms with Gasteiger partial charge in [0.15, 0.2) is 0 Å². The molecule has 3 aromatic carbocycles. The second kappa shape index (κ2) is 17.5. The maximum absolute atomic E-state index is 11.2. The molecule has 2 N–H and O–H groups in total. The lowest BCUT2D eigenvalue weighted by molar-refractivity contribution is -0.118. The van der Waals surface area contributed by atoms with Gasteiger partial charge in [-0.05, 0) is 67.3 Å². The number of methoxy groups -OCH3 is 1. The highest BCUT2D eigenvalue weighted by molar-refractivity contribution is 5.72. The molecule has 0 saturated carbocycles. The van der Waals surface area contributed by atoms with Crippen molar-refractivity contribution in [1.82, 2.24) is 10.6 Å². The third kappa shape index (κ3) is 10.6. The SMILES string of the molecule is COc1ccccc1COCCCOc1ccc(C2CCNCC2OCCOc2cc(C)ccc2CCNC(C)=O)cc1. The van der Waals surface area contributed by atoms with Gasteiger partial charge in [0.1, 0.15) is 23.9 Å². The summed E-state index contributed by atoms with van der Waals surface area (Å²) in [4.78, 5) is 11.2. The summed E-state index contributed by atoms with van der Waals surface area (Å²) in [7, 11) is 1.67. The van der Waals surface area contributed by atoms with Gasteiger partial charge < -0.3 is 34.3 Å². The van der Waals surface area contributed by atoms with E-state index in [0.29, 0.717) is 45.5 Å². The molecule has 3 aromatic rings. The Bertz CT molecular complexity index is 1270. The second-order valence-electron chi connectivity index (χ2n) is 10.8. The maximum Gasteiger partial charge on any atom is 0.216 e. The Kier molecular flexibility index (Phi) is 13.2. The molecule has 1 aliphatic rings. The van der Waals surface area contributed by atoms with Crippen LogP contribution in [0.4, 0.5) is 0 Å². The molecule has 0 aliphatic carbocycles. The standard InChI is InChI=1S/C35H46N2O6/c1-26-9-10-29(15-18-37-27(2)38)34(23-26)42-21-22-43-35-24-36-17-16-32(35)28-11-13-31(14-12-28)41-20-6-19-40-25-30-7-4-5-8-33(30)39-3/h4-5,7-14,23,32,35-36H,6,15-22,24-25H2,1-3H3,(H,37,38). The third-order valence-corrected chi connectivity index (χ3v) is 7.55. The number of aryl methyl sites for hydroxylation is 1. The smallest absolute Gasteiger partial charge is 0.216 e. The minimum Gasteiger partial charge on any atom is -0.496 e. The van der Waals surface area contributed by atoms with Gasteiger partial charge in [-0.15, -0.1) is 0 Å². The van der Waals surface area contributed by atoms with Gasteiger partial charge in [-0.25, -0.2) is 0 Å². The van der Waals surface area contributed by atoms with Gasteiger partial charge in [-0.3, -0.25) is 4.79 Å². The van der Waals surface area contributed by atoms with Crippen molar-refractivity contribution in [3.63, 3.8) is 0 Å². The largest absolute Gasteiger partial charge is 0.496 e. The Labute approximate surface area is 256 Å². The first kappa shape index (κ1) is 32.3. The number of para-hydroxylation sites is 1. The minimum absolute atomic E-state index is 0.0250. The lowest BCUT2D eigenvalue weighted by atomic mass is 9.88. The van der Waals surface area contributed by atoms with E-state index in [9.17, 15) is 4.79 Å². The highest BCUT2D eigenvalue weighted by atomic mass is 16.5. The van der Waals surface area contributed by atoms with Crippen LogP contribution in [0.5, 0.6) is 17.2 Å². The molecular formula is C35H46N2O6. The van der Waals surface area contributed by atoms with Crippen LogP contribution in [0.15, 0.2) is 66.7 Å². The molecule has 2 unspecified atom stereocenters. The molecule has 1 fully saturated rings. The zero-order valence-corrected chi connectivity index (χ0v) is 25.7. The van der Waals surface area contributed by atoms with Crippen molar-refractivity contribution >= 4 is 5.91 Å². The lowest BCUT2D eigenvalue weighted by Gasteiger charge is -2.32. The van der Waals surface area contributed by atoms with Gasteiger partial charge in [-0.1, -0.05) is 42.5 Å². The van der Waals surface area contributed by atoms with Crippen LogP contribution >= 0.6 is 0 Å². The molecule has 1 saturated heterocycles. The average molecular weight is 591 g/mol. The van der Waals surface area contributed by atoms with Crippen LogP contribution < -0.4 is 24.8 Å². The van der Waals surface area contributed by atoms with Crippen LogP contribution in [0.25, 0.3) is 0 Å². The summed E-state index contributed by atoms with van der Waals surface area (Å²) in [6.07, 6.45) is 2.62. The van der Waals surface area contributed by atoms with Crippen molar-refractivity contribution in [2.75, 3.05) is 53.2 Å². The first-order valence-electron chi connectivity index (χ1n) is 15.2. The molecule has 43 heavy (non-hydrogen) atoms. The fraction of sp³-hybridized carbons (Fsp3) is 0.457. The summed E-state index contributed by atoms with van der Waals surface area (Å²) in [5.74, 6) is 2.85. The van der Waals surface area contributed by atoms with E-state index in [2.05, 4.69) is 41.8 Å². The van der Waals surface area contributed by atoms with E-state index in [1.165, 1.54) is 12.5 Å². The highest BCUT2D eigenvalue weighted by Crippen LogP contribution is 2.29. The first-order chi connectivity index (χ1) is 21.0. The lowest BCUT2D eigenvalue weighted by Crippen LogP contribution is -2.41. The molecule has 1 amide bonds. The molecular weight excluding hydrogens is 544 g/mol. The maximum atomic E-state index is 11.2. The summed E-state index contributed by atoms with van der Waals surface area (Å²) >= 11 is 0. The first-order valence-corrected chi connectivity index (χ1v) is 15.2. The van der Waals surface area contributed by atoms with E-state index in [-0.39, 0.29) is 12.0 Å². The van der Waals surface area contributed by atoms with E-state index in [1.54, 1.807) is 7.11 Å². The van der Waals surface area contributed by atoms with Gasteiger partial charge in [0.2, 0.25) is 5.91 Å². The normalized spacial score (nSPS) is 16.4. The van der Waals surface area contributed by atoms with Gasteiger partial charge in [0.05, 0.1) is 39.6 Å². The van der Waals surface area contributed by atoms with Gasteiger partial charge in [0.25, 0.3) is 0 Å². The van der Waals surface area contributed by atoms with Crippen LogP contribution in [0, 0.1) is 6.92 Å². The molecule has 0 radical (unpaired) electrons. The summed E-state index contributed by atoms with van der Waals surface area (Å²) in [5, 5.41) is 6.32. The van der Waals surface area contributed by atoms with Crippen molar-refractivity contribution in [2.45, 2.75) is 51.7 Å². The Hall–Kier alpha value is -3.59. The fourth-order valence-electron chi connectivity index (χ4n) is 5.28. The summed E-state index contributed by atoms with van der Waals surface area (Å²) in [6, 6.07) is 22.5. The average Bonchev–Trinajstić information content (AvgIpc) is 3.02. The van der Waals surface area contributed by atoms with Crippen molar-refractivity contribution in [3.8, 4) is 17.2 Å². The minimum atomic E-state index is -0.0250. The number of piperidine rings is 1. The Morgan fingerprint density at radius 2 is 1.77 bits per heavy atom. The molecule has 8 nitrogen and oxygen atoms in total. The quantitative estimate of drug-likeness (QED) is 0.209. The number of carbonyl (C=O) groups excluding carboxylic acids is 1. The molecule has 0 aromatic heterocycles. The Morgan fingerprint density at radius 1 is 0.930 bits per heavy atom. The van der Waals surface area contributed by atoms with Crippen LogP contribution in [-0.2, 0) is 27.3 Å². The van der Waals surface area contributed by atoms with Crippen LogP contribution in [-0.4, -0.2) is 65.2 Å². The van der Waals surface area contributed by atoms with E-state index >= 15 is 0 Å². The monoisotopic (exact) mass is 590 g/mol. The summed E-state index contributed by atoms with van der Waals surface area (Å²) < 4.78 is 29.6. The number of carbonyl (C=O) groups is 1. The number of rotatable bonds is 17. The molecule has 0 bridgehead atoms. The van der Waals surface area contributed by atoms with Crippen LogP contribution in [0.3, 0.4) is 0 Å². The molecule has 4 rings (SSSR count). The number of hydrogen-bond acceptors (Lipinski definition) is 7. The van der Waals surface area contributed by atoms with E-state index in [0.717, 1.165) is 66.3 Å². The second-order valence-corrected chi connectivity index (χ2v) is 10.8. The summed E-state index contributed by atoms with van der Waals surface area (Å²) in [6.45, 7) is 8.66. The highest BCUT2D eigenvalue weighted by Gasteiger charge is 2.27. The molecule has 2 atom stereocenters. The van der Waals surface area contributed by atoms with Crippen LogP contribution in [0.1, 0.15) is 47.9 Å². The molecule has 1 aliphatic heterocycles. The zero-order valence-electron chi connectivity index (χ0n) is 25.7. The third-order valence-electron chi connectivity index (χ3n) is 7.55. The Morgan fingerprint density at radius 3 is 2.58 bits per heavy atom. The molecule has 1 heterocycles. The number of amides is 1. The molecule has 232 valence electrons. The van der Waals surface area contributed by atoms with Crippen LogP contribution in [0.2, 0.25) is 0 Å². The topological polar surface area (TPSA) is 87.3 Å². The van der Waals surface area contributed by atoms with Gasteiger partial charge in [0, 0.05) is 37.9 Å². The number of nitrogens with one attached hydrogen (secondary N) is 2. The fourth-order valence-corrected chi connectivity index (χ4v) is 5.28. The van der Waals surface area contributed by atoms with Gasteiger partial charge >= 0.3 is 0 Å². The molecule has 8 heteroatoms. The Balaban J connectivity index is 1.18. The van der Waals surface area contributed by atoms with Crippen molar-refractivity contribution in [3.05, 3.63) is 89.0 Å².